The van der Waals surface area contributed by atoms with Crippen LogP contribution >= 0.6 is 0 Å². The molecule has 1 aliphatic heterocycles. The van der Waals surface area contributed by atoms with Gasteiger partial charge in [0.05, 0.1) is 5.92 Å². The molecule has 2 fully saturated rings. The maximum Gasteiger partial charge on any atom is 0.308 e. The molecule has 2 heteroatoms. The van der Waals surface area contributed by atoms with Crippen LogP contribution in [0.5, 0.6) is 0 Å². The lowest BCUT2D eigenvalue weighted by Crippen LogP contribution is -2.30. The first-order chi connectivity index (χ1) is 8.69. The molecule has 1 heterocycles. The van der Waals surface area contributed by atoms with Crippen LogP contribution in [0.25, 0.3) is 0 Å². The number of cyclic esters (lactones) is 1. The van der Waals surface area contributed by atoms with Crippen molar-refractivity contribution in [1.29, 1.82) is 0 Å². The number of esters is 1. The molecule has 1 saturated carbocycles. The van der Waals surface area contributed by atoms with Crippen LogP contribution in [0.3, 0.4) is 0 Å². The van der Waals surface area contributed by atoms with Crippen molar-refractivity contribution in [2.24, 2.45) is 17.8 Å². The van der Waals surface area contributed by atoms with E-state index in [1.807, 2.05) is 6.92 Å². The summed E-state index contributed by atoms with van der Waals surface area (Å²) in [6.45, 7) is 4.29. The number of hydrogen-bond donors (Lipinski definition) is 0. The first-order valence-electron chi connectivity index (χ1n) is 7.89. The maximum absolute atomic E-state index is 11.5. The fourth-order valence-electron chi connectivity index (χ4n) is 3.45. The summed E-state index contributed by atoms with van der Waals surface area (Å²) in [4.78, 5) is 11.5. The van der Waals surface area contributed by atoms with Gasteiger partial charge in [0.1, 0.15) is 6.10 Å². The fourth-order valence-corrected chi connectivity index (χ4v) is 3.45. The lowest BCUT2D eigenvalue weighted by atomic mass is 9.78. The molecule has 0 bridgehead atoms. The maximum atomic E-state index is 11.5. The third-order valence-electron chi connectivity index (χ3n) is 5.05. The highest BCUT2D eigenvalue weighted by Crippen LogP contribution is 2.34. The smallest absolute Gasteiger partial charge is 0.308 e. The molecule has 2 aliphatic rings. The van der Waals surface area contributed by atoms with E-state index < -0.39 is 0 Å². The van der Waals surface area contributed by atoms with Crippen LogP contribution in [0.15, 0.2) is 0 Å². The highest BCUT2D eigenvalue weighted by molar-refractivity contribution is 5.72. The Bertz CT molecular complexity index is 266. The van der Waals surface area contributed by atoms with Gasteiger partial charge in [-0.2, -0.15) is 0 Å². The second-order valence-electron chi connectivity index (χ2n) is 6.41. The Kier molecular flexibility index (Phi) is 5.08. The minimum Gasteiger partial charge on any atom is -0.462 e. The molecule has 1 saturated heterocycles. The summed E-state index contributed by atoms with van der Waals surface area (Å²) in [6.07, 6.45) is 11.7. The van der Waals surface area contributed by atoms with Crippen molar-refractivity contribution in [3.8, 4) is 0 Å². The monoisotopic (exact) mass is 252 g/mol. The first kappa shape index (κ1) is 13.9. The van der Waals surface area contributed by atoms with Gasteiger partial charge in [-0.1, -0.05) is 46.0 Å². The second-order valence-corrected chi connectivity index (χ2v) is 6.41. The number of carbonyl (C=O) groups is 1. The van der Waals surface area contributed by atoms with Crippen molar-refractivity contribution in [3.05, 3.63) is 0 Å². The lowest BCUT2D eigenvalue weighted by Gasteiger charge is -2.30. The highest BCUT2D eigenvalue weighted by atomic mass is 16.5. The van der Waals surface area contributed by atoms with Gasteiger partial charge < -0.3 is 4.74 Å². The van der Waals surface area contributed by atoms with E-state index in [2.05, 4.69) is 6.92 Å². The molecule has 0 aromatic rings. The van der Waals surface area contributed by atoms with Gasteiger partial charge >= 0.3 is 5.97 Å². The Morgan fingerprint density at radius 1 is 1.00 bits per heavy atom. The number of ether oxygens (including phenoxy) is 1. The molecular formula is C16H28O2. The molecule has 0 aromatic carbocycles. The predicted molar refractivity (Wildman–Crippen MR) is 73.3 cm³/mol. The van der Waals surface area contributed by atoms with Gasteiger partial charge in [-0.3, -0.25) is 4.79 Å². The Balaban J connectivity index is 1.65. The molecule has 2 nitrogen and oxygen atoms in total. The van der Waals surface area contributed by atoms with Crippen LogP contribution in [0, 0.1) is 17.8 Å². The van der Waals surface area contributed by atoms with Crippen LogP contribution in [0.2, 0.25) is 0 Å². The summed E-state index contributed by atoms with van der Waals surface area (Å²) < 4.78 is 5.49. The van der Waals surface area contributed by atoms with E-state index in [1.165, 1.54) is 38.5 Å². The summed E-state index contributed by atoms with van der Waals surface area (Å²) in [5, 5.41) is 0. The Hall–Kier alpha value is -0.530. The molecule has 2 unspecified atom stereocenters. The average molecular weight is 252 g/mol. The zero-order chi connectivity index (χ0) is 13.0. The molecular weight excluding hydrogens is 224 g/mol. The van der Waals surface area contributed by atoms with E-state index in [0.29, 0.717) is 0 Å². The van der Waals surface area contributed by atoms with Crippen molar-refractivity contribution < 1.29 is 9.53 Å². The second kappa shape index (κ2) is 6.58. The molecule has 0 radical (unpaired) electrons. The van der Waals surface area contributed by atoms with Crippen molar-refractivity contribution >= 4 is 5.97 Å². The Morgan fingerprint density at radius 2 is 1.67 bits per heavy atom. The summed E-state index contributed by atoms with van der Waals surface area (Å²) in [7, 11) is 0. The highest BCUT2D eigenvalue weighted by Gasteiger charge is 2.27. The van der Waals surface area contributed by atoms with Gasteiger partial charge in [0, 0.05) is 0 Å². The Labute approximate surface area is 111 Å². The number of hydrogen-bond acceptors (Lipinski definition) is 2. The zero-order valence-electron chi connectivity index (χ0n) is 12.0. The topological polar surface area (TPSA) is 26.3 Å². The minimum atomic E-state index is 0.0286. The SMILES string of the molecule is CCC1CCC(CCC2CCC(C)C(=O)O2)CC1. The van der Waals surface area contributed by atoms with Crippen molar-refractivity contribution in [3.63, 3.8) is 0 Å². The van der Waals surface area contributed by atoms with Gasteiger partial charge in [-0.05, 0) is 37.5 Å². The fraction of sp³-hybridized carbons (Fsp3) is 0.938. The van der Waals surface area contributed by atoms with Gasteiger partial charge in [-0.25, -0.2) is 0 Å². The molecule has 0 amide bonds. The van der Waals surface area contributed by atoms with Crippen LogP contribution in [-0.2, 0) is 9.53 Å². The third kappa shape index (κ3) is 3.73. The summed E-state index contributed by atoms with van der Waals surface area (Å²) in [6, 6.07) is 0. The summed E-state index contributed by atoms with van der Waals surface area (Å²) in [5.74, 6) is 2.03. The van der Waals surface area contributed by atoms with Crippen LogP contribution in [0.1, 0.15) is 71.6 Å². The van der Waals surface area contributed by atoms with Crippen molar-refractivity contribution in [2.75, 3.05) is 0 Å². The largest absolute Gasteiger partial charge is 0.462 e. The zero-order valence-corrected chi connectivity index (χ0v) is 12.0. The van der Waals surface area contributed by atoms with Crippen molar-refractivity contribution in [2.45, 2.75) is 77.7 Å². The van der Waals surface area contributed by atoms with E-state index in [1.54, 1.807) is 0 Å². The van der Waals surface area contributed by atoms with E-state index in [9.17, 15) is 4.79 Å². The number of rotatable bonds is 4. The minimum absolute atomic E-state index is 0.0286. The predicted octanol–water partition coefficient (Wildman–Crippen LogP) is 4.32. The van der Waals surface area contributed by atoms with Gasteiger partial charge in [0.15, 0.2) is 0 Å². The van der Waals surface area contributed by atoms with Gasteiger partial charge in [0.25, 0.3) is 0 Å². The van der Waals surface area contributed by atoms with Gasteiger partial charge in [-0.15, -0.1) is 0 Å². The molecule has 0 N–H and O–H groups in total. The van der Waals surface area contributed by atoms with Crippen LogP contribution < -0.4 is 0 Å². The summed E-state index contributed by atoms with van der Waals surface area (Å²) >= 11 is 0. The molecule has 2 rings (SSSR count). The lowest BCUT2D eigenvalue weighted by molar-refractivity contribution is -0.160. The molecule has 1 aliphatic carbocycles. The first-order valence-corrected chi connectivity index (χ1v) is 7.89. The quantitative estimate of drug-likeness (QED) is 0.696. The van der Waals surface area contributed by atoms with E-state index >= 15 is 0 Å². The molecule has 104 valence electrons. The summed E-state index contributed by atoms with van der Waals surface area (Å²) in [5.41, 5.74) is 0. The average Bonchev–Trinajstić information content (AvgIpc) is 2.41. The third-order valence-corrected chi connectivity index (χ3v) is 5.05. The molecule has 18 heavy (non-hydrogen) atoms. The van der Waals surface area contributed by atoms with Crippen LogP contribution in [0.4, 0.5) is 0 Å². The number of carbonyl (C=O) groups excluding carboxylic acids is 1. The molecule has 0 spiro atoms. The standard InChI is InChI=1S/C16H28O2/c1-3-13-5-7-14(8-6-13)9-11-15-10-4-12(2)16(17)18-15/h12-15H,3-11H2,1-2H3. The van der Waals surface area contributed by atoms with Crippen molar-refractivity contribution in [1.82, 2.24) is 0 Å². The Morgan fingerprint density at radius 3 is 2.28 bits per heavy atom. The van der Waals surface area contributed by atoms with E-state index in [0.717, 1.165) is 31.1 Å². The van der Waals surface area contributed by atoms with Crippen LogP contribution in [-0.4, -0.2) is 12.1 Å². The van der Waals surface area contributed by atoms with E-state index in [-0.39, 0.29) is 18.0 Å². The van der Waals surface area contributed by atoms with Gasteiger partial charge in [0.2, 0.25) is 0 Å². The molecule has 0 aromatic heterocycles. The normalized spacial score (nSPS) is 37.3. The molecule has 2 atom stereocenters. The van der Waals surface area contributed by atoms with E-state index in [4.69, 9.17) is 4.74 Å².